The predicted octanol–water partition coefficient (Wildman–Crippen LogP) is 4.50. The number of sulfonamides is 1. The molecule has 0 aromatic heterocycles. The van der Waals surface area contributed by atoms with Crippen LogP contribution in [0.4, 0.5) is 5.69 Å². The van der Waals surface area contributed by atoms with Gasteiger partial charge < -0.3 is 19.7 Å². The number of benzene rings is 2. The first kappa shape index (κ1) is 31.5. The van der Waals surface area contributed by atoms with Crippen molar-refractivity contribution in [2.75, 3.05) is 37.9 Å². The summed E-state index contributed by atoms with van der Waals surface area (Å²) in [5.41, 5.74) is 0.663. The highest BCUT2D eigenvalue weighted by Crippen LogP contribution is 2.33. The number of carbonyl (C=O) groups is 2. The van der Waals surface area contributed by atoms with Crippen LogP contribution in [-0.2, 0) is 26.2 Å². The molecule has 9 nitrogen and oxygen atoms in total. The number of anilines is 1. The number of carbonyl (C=O) groups excluding carboxylic acids is 2. The van der Waals surface area contributed by atoms with Crippen LogP contribution in [-0.4, -0.2) is 64.7 Å². The molecule has 0 aliphatic carbocycles. The molecule has 210 valence electrons. The lowest BCUT2D eigenvalue weighted by atomic mass is 10.1. The Bertz CT molecular complexity index is 1210. The number of hydrogen-bond donors (Lipinski definition) is 1. The van der Waals surface area contributed by atoms with Gasteiger partial charge in [0.2, 0.25) is 21.8 Å². The van der Waals surface area contributed by atoms with E-state index in [9.17, 15) is 18.0 Å². The van der Waals surface area contributed by atoms with Gasteiger partial charge in [0.1, 0.15) is 12.6 Å². The molecule has 0 radical (unpaired) electrons. The normalized spacial score (nSPS) is 12.0. The minimum Gasteiger partial charge on any atom is -0.493 e. The van der Waals surface area contributed by atoms with Gasteiger partial charge in [-0.2, -0.15) is 0 Å². The molecule has 0 spiro atoms. The molecule has 12 heteroatoms. The molecule has 2 aromatic rings. The summed E-state index contributed by atoms with van der Waals surface area (Å²) in [4.78, 5) is 28.3. The first-order valence-corrected chi connectivity index (χ1v) is 14.8. The summed E-state index contributed by atoms with van der Waals surface area (Å²) >= 11 is 12.8. The fourth-order valence-electron chi connectivity index (χ4n) is 3.87. The van der Waals surface area contributed by atoms with Crippen molar-refractivity contribution in [1.82, 2.24) is 10.2 Å². The Balaban J connectivity index is 2.51. The van der Waals surface area contributed by atoms with Crippen molar-refractivity contribution < 1.29 is 27.5 Å². The van der Waals surface area contributed by atoms with Crippen LogP contribution in [0.2, 0.25) is 10.0 Å². The summed E-state index contributed by atoms with van der Waals surface area (Å²) in [5, 5.41) is 3.53. The zero-order valence-corrected chi connectivity index (χ0v) is 24.6. The number of nitrogens with zero attached hydrogens (tertiary/aromatic N) is 2. The SMILES string of the molecule is CCCCNC(=O)[C@@H](CC)N(Cc1c(Cl)cccc1Cl)C(=O)CN(c1ccc(OC)c(OC)c1)S(C)(=O)=O. The van der Waals surface area contributed by atoms with Crippen LogP contribution >= 0.6 is 23.2 Å². The van der Waals surface area contributed by atoms with E-state index in [1.807, 2.05) is 6.92 Å². The second-order valence-corrected chi connectivity index (χ2v) is 11.3. The number of unbranched alkanes of at least 4 members (excludes halogenated alkanes) is 1. The molecule has 38 heavy (non-hydrogen) atoms. The Hall–Kier alpha value is -2.69. The van der Waals surface area contributed by atoms with E-state index in [1.54, 1.807) is 31.2 Å². The van der Waals surface area contributed by atoms with Gasteiger partial charge in [-0.15, -0.1) is 0 Å². The van der Waals surface area contributed by atoms with E-state index in [0.29, 0.717) is 40.1 Å². The van der Waals surface area contributed by atoms with E-state index in [4.69, 9.17) is 32.7 Å². The average molecular weight is 589 g/mol. The van der Waals surface area contributed by atoms with E-state index in [1.165, 1.54) is 31.3 Å². The van der Waals surface area contributed by atoms with Crippen LogP contribution in [0.1, 0.15) is 38.7 Å². The van der Waals surface area contributed by atoms with Gasteiger partial charge in [0.15, 0.2) is 11.5 Å². The van der Waals surface area contributed by atoms with Crippen molar-refractivity contribution in [3.63, 3.8) is 0 Å². The van der Waals surface area contributed by atoms with E-state index < -0.39 is 28.5 Å². The van der Waals surface area contributed by atoms with Gasteiger partial charge >= 0.3 is 0 Å². The molecule has 0 saturated carbocycles. The standard InChI is InChI=1S/C26H35Cl2N3O6S/c1-6-8-14-29-26(33)22(7-2)30(16-19-20(27)10-9-11-21(19)28)25(32)17-31(38(5,34)35)18-12-13-23(36-3)24(15-18)37-4/h9-13,15,22H,6-8,14,16-17H2,1-5H3,(H,29,33)/t22-/m1/s1. The average Bonchev–Trinajstić information content (AvgIpc) is 2.87. The first-order valence-electron chi connectivity index (χ1n) is 12.2. The maximum absolute atomic E-state index is 13.8. The van der Waals surface area contributed by atoms with Gasteiger partial charge in [-0.3, -0.25) is 13.9 Å². The number of amides is 2. The minimum atomic E-state index is -3.91. The summed E-state index contributed by atoms with van der Waals surface area (Å²) in [5.74, 6) is -0.235. The fourth-order valence-corrected chi connectivity index (χ4v) is 5.23. The second-order valence-electron chi connectivity index (χ2n) is 8.60. The van der Waals surface area contributed by atoms with Crippen LogP contribution in [0.15, 0.2) is 36.4 Å². The lowest BCUT2D eigenvalue weighted by Crippen LogP contribution is -2.52. The Morgan fingerprint density at radius 1 is 1.03 bits per heavy atom. The maximum Gasteiger partial charge on any atom is 0.244 e. The van der Waals surface area contributed by atoms with Gasteiger partial charge in [0, 0.05) is 34.8 Å². The molecule has 0 aliphatic heterocycles. The molecule has 0 aliphatic rings. The molecule has 0 heterocycles. The number of ether oxygens (including phenoxy) is 2. The number of rotatable bonds is 14. The van der Waals surface area contributed by atoms with Crippen LogP contribution in [0.25, 0.3) is 0 Å². The summed E-state index contributed by atoms with van der Waals surface area (Å²) in [6.07, 6.45) is 2.97. The number of methoxy groups -OCH3 is 2. The molecular weight excluding hydrogens is 553 g/mol. The Morgan fingerprint density at radius 2 is 1.66 bits per heavy atom. The minimum absolute atomic E-state index is 0.0828. The van der Waals surface area contributed by atoms with Crippen molar-refractivity contribution in [3.05, 3.63) is 52.0 Å². The highest BCUT2D eigenvalue weighted by atomic mass is 35.5. The molecule has 0 fully saturated rings. The highest BCUT2D eigenvalue weighted by molar-refractivity contribution is 7.92. The van der Waals surface area contributed by atoms with Crippen LogP contribution in [0.5, 0.6) is 11.5 Å². The van der Waals surface area contributed by atoms with Crippen LogP contribution < -0.4 is 19.1 Å². The van der Waals surface area contributed by atoms with Gasteiger partial charge in [0.05, 0.1) is 26.2 Å². The zero-order chi connectivity index (χ0) is 28.5. The molecule has 1 N–H and O–H groups in total. The molecule has 2 aromatic carbocycles. The maximum atomic E-state index is 13.8. The first-order chi connectivity index (χ1) is 18.0. The van der Waals surface area contributed by atoms with Crippen molar-refractivity contribution in [1.29, 1.82) is 0 Å². The number of halogens is 2. The number of hydrogen-bond acceptors (Lipinski definition) is 6. The highest BCUT2D eigenvalue weighted by Gasteiger charge is 2.32. The fraction of sp³-hybridized carbons (Fsp3) is 0.462. The third-order valence-corrected chi connectivity index (χ3v) is 7.79. The van der Waals surface area contributed by atoms with Gasteiger partial charge in [-0.25, -0.2) is 8.42 Å². The van der Waals surface area contributed by atoms with E-state index in [-0.39, 0.29) is 18.1 Å². The van der Waals surface area contributed by atoms with E-state index >= 15 is 0 Å². The van der Waals surface area contributed by atoms with Crippen molar-refractivity contribution >= 4 is 50.7 Å². The summed E-state index contributed by atoms with van der Waals surface area (Å²) < 4.78 is 37.1. The Kier molecular flexibility index (Phi) is 12.0. The second kappa shape index (κ2) is 14.5. The molecule has 2 rings (SSSR count). The summed E-state index contributed by atoms with van der Waals surface area (Å²) in [6.45, 7) is 3.60. The predicted molar refractivity (Wildman–Crippen MR) is 151 cm³/mol. The van der Waals surface area contributed by atoms with Crippen molar-refractivity contribution in [2.24, 2.45) is 0 Å². The molecule has 0 bridgehead atoms. The van der Waals surface area contributed by atoms with Gasteiger partial charge in [-0.1, -0.05) is 49.5 Å². The monoisotopic (exact) mass is 587 g/mol. The van der Waals surface area contributed by atoms with E-state index in [2.05, 4.69) is 5.32 Å². The smallest absolute Gasteiger partial charge is 0.244 e. The van der Waals surface area contributed by atoms with Crippen LogP contribution in [0.3, 0.4) is 0 Å². The third kappa shape index (κ3) is 8.15. The molecule has 0 saturated heterocycles. The Morgan fingerprint density at radius 3 is 2.18 bits per heavy atom. The van der Waals surface area contributed by atoms with Crippen molar-refractivity contribution in [3.8, 4) is 11.5 Å². The van der Waals surface area contributed by atoms with Crippen LogP contribution in [0, 0.1) is 0 Å². The molecule has 0 unspecified atom stereocenters. The quantitative estimate of drug-likeness (QED) is 0.326. The largest absolute Gasteiger partial charge is 0.493 e. The van der Waals surface area contributed by atoms with Crippen molar-refractivity contribution in [2.45, 2.75) is 45.7 Å². The molecule has 2 amide bonds. The topological polar surface area (TPSA) is 105 Å². The van der Waals surface area contributed by atoms with Gasteiger partial charge in [0.25, 0.3) is 0 Å². The number of nitrogens with one attached hydrogen (secondary N) is 1. The molecule has 1 atom stereocenters. The lowest BCUT2D eigenvalue weighted by molar-refractivity contribution is -0.140. The Labute approximate surface area is 235 Å². The molecular formula is C26H35Cl2N3O6S. The summed E-state index contributed by atoms with van der Waals surface area (Å²) in [7, 11) is -1.03. The van der Waals surface area contributed by atoms with Gasteiger partial charge in [-0.05, 0) is 37.1 Å². The van der Waals surface area contributed by atoms with E-state index in [0.717, 1.165) is 23.4 Å². The zero-order valence-electron chi connectivity index (χ0n) is 22.3. The lowest BCUT2D eigenvalue weighted by Gasteiger charge is -2.33. The third-order valence-electron chi connectivity index (χ3n) is 5.94. The summed E-state index contributed by atoms with van der Waals surface area (Å²) in [6, 6.07) is 8.61.